The lowest BCUT2D eigenvalue weighted by Crippen LogP contribution is -2.37. The van der Waals surface area contributed by atoms with Gasteiger partial charge in [-0.2, -0.15) is 0 Å². The molecule has 1 atom stereocenters. The van der Waals surface area contributed by atoms with Gasteiger partial charge in [-0.15, -0.1) is 0 Å². The van der Waals surface area contributed by atoms with E-state index in [-0.39, 0.29) is 17.3 Å². The standard InChI is InChI=1S/C34H34ClFN4O6/c1-43-31-20-26-28(21-32(31)45-16-2-13-39-14-17-44-18-15-39)37-12-10-29(26)46-30-8-7-24(19-27(30)36)40(23-5-3-22(35)4-6-23)34(42)25-9-11-38-33(25)41/h3-8,10,12,19-21,25H,2,9,11,13-18H2,1H3,(H,38,41). The van der Waals surface area contributed by atoms with Gasteiger partial charge in [0, 0.05) is 60.6 Å². The molecule has 6 rings (SSSR count). The van der Waals surface area contributed by atoms with Gasteiger partial charge >= 0.3 is 0 Å². The number of pyridine rings is 1. The molecule has 46 heavy (non-hydrogen) atoms. The lowest BCUT2D eigenvalue weighted by molar-refractivity contribution is -0.131. The number of rotatable bonds is 11. The Labute approximate surface area is 270 Å². The van der Waals surface area contributed by atoms with Gasteiger partial charge in [-0.05, 0) is 61.4 Å². The molecule has 1 N–H and O–H groups in total. The van der Waals surface area contributed by atoms with Crippen LogP contribution in [0.5, 0.6) is 23.0 Å². The summed E-state index contributed by atoms with van der Waals surface area (Å²) in [6.45, 7) is 5.19. The molecule has 2 fully saturated rings. The lowest BCUT2D eigenvalue weighted by atomic mass is 10.1. The molecule has 0 saturated carbocycles. The maximum absolute atomic E-state index is 15.7. The smallest absolute Gasteiger partial charge is 0.244 e. The van der Waals surface area contributed by atoms with Crippen LogP contribution < -0.4 is 24.4 Å². The van der Waals surface area contributed by atoms with E-state index in [1.54, 1.807) is 61.8 Å². The van der Waals surface area contributed by atoms with Gasteiger partial charge in [0.25, 0.3) is 0 Å². The topological polar surface area (TPSA) is 102 Å². The molecule has 10 nitrogen and oxygen atoms in total. The molecular formula is C34H34ClFN4O6. The highest BCUT2D eigenvalue weighted by atomic mass is 35.5. The number of aromatic nitrogens is 1. The first-order chi connectivity index (χ1) is 22.4. The number of carbonyl (C=O) groups is 2. The largest absolute Gasteiger partial charge is 0.493 e. The molecule has 0 radical (unpaired) electrons. The molecule has 2 amide bonds. The van der Waals surface area contributed by atoms with E-state index in [0.717, 1.165) is 39.3 Å². The molecule has 2 aliphatic heterocycles. The van der Waals surface area contributed by atoms with Crippen LogP contribution in [0.1, 0.15) is 12.8 Å². The van der Waals surface area contributed by atoms with Crippen molar-refractivity contribution in [2.75, 3.05) is 58.0 Å². The van der Waals surface area contributed by atoms with Crippen LogP contribution in [0.15, 0.2) is 66.9 Å². The second kappa shape index (κ2) is 14.3. The molecule has 3 aromatic carbocycles. The van der Waals surface area contributed by atoms with E-state index in [0.29, 0.717) is 58.4 Å². The third-order valence-corrected chi connectivity index (χ3v) is 8.26. The number of carbonyl (C=O) groups excluding carboxylic acids is 2. The van der Waals surface area contributed by atoms with Crippen molar-refractivity contribution in [3.63, 3.8) is 0 Å². The van der Waals surface area contributed by atoms with E-state index in [4.69, 9.17) is 30.5 Å². The summed E-state index contributed by atoms with van der Waals surface area (Å²) in [5.74, 6) is -1.03. The SMILES string of the molecule is COc1cc2c(Oc3ccc(N(C(=O)C4CCNC4=O)c4ccc(Cl)cc4)cc3F)ccnc2cc1OCCCN1CCOCC1. The van der Waals surface area contributed by atoms with Gasteiger partial charge < -0.3 is 24.3 Å². The normalized spacial score (nSPS) is 16.7. The van der Waals surface area contributed by atoms with Crippen molar-refractivity contribution >= 4 is 45.7 Å². The van der Waals surface area contributed by atoms with Crippen LogP contribution in [0.3, 0.4) is 0 Å². The zero-order valence-electron chi connectivity index (χ0n) is 25.3. The van der Waals surface area contributed by atoms with Gasteiger partial charge in [0.1, 0.15) is 11.7 Å². The summed E-state index contributed by atoms with van der Waals surface area (Å²) >= 11 is 6.07. The van der Waals surface area contributed by atoms with E-state index in [1.165, 1.54) is 17.0 Å². The second-order valence-corrected chi connectivity index (χ2v) is 11.4. The predicted octanol–water partition coefficient (Wildman–Crippen LogP) is 5.73. The number of amides is 2. The average molecular weight is 649 g/mol. The van der Waals surface area contributed by atoms with Crippen LogP contribution in [0.2, 0.25) is 5.02 Å². The summed E-state index contributed by atoms with van der Waals surface area (Å²) in [5.41, 5.74) is 1.29. The molecule has 2 saturated heterocycles. The molecule has 3 heterocycles. The summed E-state index contributed by atoms with van der Waals surface area (Å²) < 4.78 is 38.8. The van der Waals surface area contributed by atoms with Crippen LogP contribution in [0.4, 0.5) is 15.8 Å². The Morgan fingerprint density at radius 1 is 1.04 bits per heavy atom. The van der Waals surface area contributed by atoms with Crippen LogP contribution in [-0.2, 0) is 14.3 Å². The van der Waals surface area contributed by atoms with E-state index >= 15 is 4.39 Å². The van der Waals surface area contributed by atoms with Crippen LogP contribution in [0, 0.1) is 11.7 Å². The molecule has 0 spiro atoms. The van der Waals surface area contributed by atoms with Crippen molar-refractivity contribution in [1.82, 2.24) is 15.2 Å². The number of nitrogens with zero attached hydrogens (tertiary/aromatic N) is 3. The fourth-order valence-corrected chi connectivity index (χ4v) is 5.72. The molecule has 0 bridgehead atoms. The molecule has 4 aromatic rings. The van der Waals surface area contributed by atoms with E-state index < -0.39 is 17.6 Å². The summed E-state index contributed by atoms with van der Waals surface area (Å²) in [6.07, 6.45) is 2.78. The molecule has 12 heteroatoms. The van der Waals surface area contributed by atoms with Crippen LogP contribution >= 0.6 is 11.6 Å². The average Bonchev–Trinajstić information content (AvgIpc) is 3.51. The van der Waals surface area contributed by atoms with E-state index in [9.17, 15) is 9.59 Å². The Morgan fingerprint density at radius 3 is 2.54 bits per heavy atom. The first-order valence-electron chi connectivity index (χ1n) is 15.2. The van der Waals surface area contributed by atoms with Crippen molar-refractivity contribution < 1.29 is 32.9 Å². The van der Waals surface area contributed by atoms with Gasteiger partial charge in [-0.1, -0.05) is 11.6 Å². The summed E-state index contributed by atoms with van der Waals surface area (Å²) in [4.78, 5) is 34.1. The van der Waals surface area contributed by atoms with Gasteiger partial charge in [-0.3, -0.25) is 24.4 Å². The Balaban J connectivity index is 1.22. The highest BCUT2D eigenvalue weighted by Gasteiger charge is 2.36. The van der Waals surface area contributed by atoms with Crippen LogP contribution in [-0.4, -0.2) is 74.8 Å². The third kappa shape index (κ3) is 7.01. The number of morpholine rings is 1. The molecule has 1 aromatic heterocycles. The minimum Gasteiger partial charge on any atom is -0.493 e. The fourth-order valence-electron chi connectivity index (χ4n) is 5.59. The number of benzene rings is 3. The van der Waals surface area contributed by atoms with Crippen molar-refractivity contribution in [3.05, 3.63) is 77.7 Å². The highest BCUT2D eigenvalue weighted by Crippen LogP contribution is 2.39. The number of ether oxygens (including phenoxy) is 4. The first kappa shape index (κ1) is 31.5. The van der Waals surface area contributed by atoms with Crippen LogP contribution in [0.25, 0.3) is 10.9 Å². The second-order valence-electron chi connectivity index (χ2n) is 11.0. The minimum atomic E-state index is -0.883. The number of fused-ring (bicyclic) bond motifs is 1. The maximum Gasteiger partial charge on any atom is 0.244 e. The van der Waals surface area contributed by atoms with Crippen molar-refractivity contribution in [1.29, 1.82) is 0 Å². The third-order valence-electron chi connectivity index (χ3n) is 8.01. The van der Waals surface area contributed by atoms with Crippen molar-refractivity contribution in [2.45, 2.75) is 12.8 Å². The van der Waals surface area contributed by atoms with E-state index in [2.05, 4.69) is 15.2 Å². The fraction of sp³-hybridized carbons (Fsp3) is 0.324. The first-order valence-corrected chi connectivity index (χ1v) is 15.5. The molecule has 1 unspecified atom stereocenters. The van der Waals surface area contributed by atoms with Gasteiger partial charge in [0.2, 0.25) is 11.8 Å². The number of hydrogen-bond donors (Lipinski definition) is 1. The Kier molecular flexibility index (Phi) is 9.82. The van der Waals surface area contributed by atoms with Gasteiger partial charge in [0.05, 0.1) is 38.1 Å². The quantitative estimate of drug-likeness (QED) is 0.163. The highest BCUT2D eigenvalue weighted by molar-refractivity contribution is 6.30. The number of methoxy groups -OCH3 is 1. The number of nitrogens with one attached hydrogen (secondary N) is 1. The minimum absolute atomic E-state index is 0.0548. The monoisotopic (exact) mass is 648 g/mol. The number of hydrogen-bond acceptors (Lipinski definition) is 8. The zero-order chi connectivity index (χ0) is 32.0. The van der Waals surface area contributed by atoms with Gasteiger partial charge in [-0.25, -0.2) is 4.39 Å². The number of halogens is 2. The number of anilines is 2. The molecule has 2 aliphatic rings. The van der Waals surface area contributed by atoms with Gasteiger partial charge in [0.15, 0.2) is 23.1 Å². The van der Waals surface area contributed by atoms with E-state index in [1.807, 2.05) is 0 Å². The maximum atomic E-state index is 15.7. The lowest BCUT2D eigenvalue weighted by Gasteiger charge is -2.26. The Hall–Kier alpha value is -4.45. The Morgan fingerprint density at radius 2 is 1.83 bits per heavy atom. The van der Waals surface area contributed by atoms with Crippen molar-refractivity contribution in [2.24, 2.45) is 5.92 Å². The summed E-state index contributed by atoms with van der Waals surface area (Å²) in [6, 6.07) is 16.0. The molecular weight excluding hydrogens is 615 g/mol. The van der Waals surface area contributed by atoms with Crippen molar-refractivity contribution in [3.8, 4) is 23.0 Å². The predicted molar refractivity (Wildman–Crippen MR) is 172 cm³/mol. The molecule has 0 aliphatic carbocycles. The zero-order valence-corrected chi connectivity index (χ0v) is 26.1. The summed E-state index contributed by atoms with van der Waals surface area (Å²) in [5, 5.41) is 3.77. The summed E-state index contributed by atoms with van der Waals surface area (Å²) in [7, 11) is 1.56. The molecule has 240 valence electrons. The Bertz CT molecular complexity index is 1720.